The van der Waals surface area contributed by atoms with Crippen molar-refractivity contribution in [3.63, 3.8) is 0 Å². The van der Waals surface area contributed by atoms with Crippen LogP contribution in [-0.2, 0) is 19.5 Å². The molecule has 0 amide bonds. The summed E-state index contributed by atoms with van der Waals surface area (Å²) in [6.07, 6.45) is 8.20. The van der Waals surface area contributed by atoms with Crippen LogP contribution < -0.4 is 12.4 Å². The Morgan fingerprint density at radius 3 is 2.00 bits per heavy atom. The van der Waals surface area contributed by atoms with E-state index in [0.717, 1.165) is 12.8 Å². The van der Waals surface area contributed by atoms with Gasteiger partial charge in [-0.1, -0.05) is 12.8 Å². The Labute approximate surface area is 64.2 Å². The molecule has 0 fully saturated rings. The molecule has 0 N–H and O–H groups in total. The van der Waals surface area contributed by atoms with Crippen molar-refractivity contribution in [2.45, 2.75) is 19.8 Å². The Bertz CT molecular complexity index is 46.5. The van der Waals surface area contributed by atoms with Crippen molar-refractivity contribution < 1.29 is 31.9 Å². The average molecular weight is 168 g/mol. The van der Waals surface area contributed by atoms with Crippen molar-refractivity contribution in [1.29, 1.82) is 0 Å². The van der Waals surface area contributed by atoms with E-state index in [0.29, 0.717) is 0 Å². The first-order valence-electron chi connectivity index (χ1n) is 1.81. The minimum Gasteiger partial charge on any atom is -1.00 e. The van der Waals surface area contributed by atoms with Gasteiger partial charge in [0.05, 0.1) is 0 Å². The van der Waals surface area contributed by atoms with E-state index in [9.17, 15) is 0 Å². The summed E-state index contributed by atoms with van der Waals surface area (Å²) in [5, 5.41) is 0. The van der Waals surface area contributed by atoms with Crippen LogP contribution in [0.3, 0.4) is 0 Å². The monoisotopic (exact) mass is 166 g/mol. The Kier molecular flexibility index (Phi) is 35.9. The number of hydrogen-bond donors (Lipinski definition) is 0. The van der Waals surface area contributed by atoms with Crippen LogP contribution in [0.5, 0.6) is 0 Å². The van der Waals surface area contributed by atoms with Gasteiger partial charge in [-0.05, 0) is 12.8 Å². The fraction of sp³-hybridized carbons (Fsp3) is 0.600. The molecule has 0 aliphatic heterocycles. The van der Waals surface area contributed by atoms with Crippen molar-refractivity contribution in [1.82, 2.24) is 0 Å². The van der Waals surface area contributed by atoms with Gasteiger partial charge in [-0.15, -0.1) is 0 Å². The topological polar surface area (TPSA) is 0 Å². The summed E-state index contributed by atoms with van der Waals surface area (Å²) >= 11 is 0. The molecule has 37 valence electrons. The zero-order valence-electron chi connectivity index (χ0n) is 4.50. The van der Waals surface area contributed by atoms with Crippen LogP contribution in [0.25, 0.3) is 0 Å². The van der Waals surface area contributed by atoms with Crippen LogP contribution in [-0.4, -0.2) is 0 Å². The molecule has 2 heteroatoms. The molecule has 0 aliphatic carbocycles. The Morgan fingerprint density at radius 1 is 1.57 bits per heavy atom. The van der Waals surface area contributed by atoms with Gasteiger partial charge in [0.1, 0.15) is 0 Å². The average Bonchev–Trinajstić information content (AvgIpc) is 1.41. The van der Waals surface area contributed by atoms with Gasteiger partial charge in [-0.3, -0.25) is 0 Å². The fourth-order valence-corrected chi connectivity index (χ4v) is 0.125. The quantitative estimate of drug-likeness (QED) is 0.326. The maximum atomic E-state index is 6.35. The van der Waals surface area contributed by atoms with Crippen molar-refractivity contribution in [2.75, 3.05) is 0 Å². The summed E-state index contributed by atoms with van der Waals surface area (Å²) in [4.78, 5) is 0. The van der Waals surface area contributed by atoms with Crippen molar-refractivity contribution >= 4 is 0 Å². The standard InChI is InChI=1S/C5H7.ClH.Zn/c1-3-5-4-2;;/h3,5H2,1H3;1H;/p-1. The van der Waals surface area contributed by atoms with E-state index in [4.69, 9.17) is 6.42 Å². The van der Waals surface area contributed by atoms with Crippen LogP contribution in [0, 0.1) is 12.3 Å². The summed E-state index contributed by atoms with van der Waals surface area (Å²) in [5.41, 5.74) is 0. The summed E-state index contributed by atoms with van der Waals surface area (Å²) in [5.74, 6) is 2.27. The van der Waals surface area contributed by atoms with Crippen LogP contribution in [0.1, 0.15) is 19.8 Å². The molecule has 0 bridgehead atoms. The molecular formula is C5H7ClZn-. The summed E-state index contributed by atoms with van der Waals surface area (Å²) < 4.78 is 0. The van der Waals surface area contributed by atoms with Gasteiger partial charge in [0, 0.05) is 25.9 Å². The smallest absolute Gasteiger partial charge is 0.00963 e. The van der Waals surface area contributed by atoms with E-state index >= 15 is 0 Å². The molecule has 0 saturated carbocycles. The van der Waals surface area contributed by atoms with Crippen LogP contribution in [0.4, 0.5) is 0 Å². The molecule has 0 aromatic carbocycles. The molecule has 1 radical (unpaired) electrons. The normalized spacial score (nSPS) is 4.57. The molecule has 7 heavy (non-hydrogen) atoms. The molecule has 0 aromatic heterocycles. The number of hydrogen-bond acceptors (Lipinski definition) is 0. The summed E-state index contributed by atoms with van der Waals surface area (Å²) in [6.45, 7) is 2.03. The first kappa shape index (κ1) is 15.6. The van der Waals surface area contributed by atoms with Crippen molar-refractivity contribution in [3.05, 3.63) is 6.42 Å². The third-order valence-electron chi connectivity index (χ3n) is 0.375. The second-order valence-electron chi connectivity index (χ2n) is 0.927. The Morgan fingerprint density at radius 2 is 2.00 bits per heavy atom. The number of rotatable bonds is 1. The van der Waals surface area contributed by atoms with E-state index in [2.05, 4.69) is 5.92 Å². The summed E-state index contributed by atoms with van der Waals surface area (Å²) in [7, 11) is 0. The fourth-order valence-electron chi connectivity index (χ4n) is 0.125. The van der Waals surface area contributed by atoms with Gasteiger partial charge in [-0.25, -0.2) is 0 Å². The Hall–Kier alpha value is 0.473. The van der Waals surface area contributed by atoms with Gasteiger partial charge in [0.15, 0.2) is 0 Å². The SMILES string of the molecule is [C]#CCCC.[Cl-].[Zn]. The minimum absolute atomic E-state index is 0. The molecular weight excluding hydrogens is 161 g/mol. The van der Waals surface area contributed by atoms with Crippen molar-refractivity contribution in [3.8, 4) is 5.92 Å². The molecule has 0 atom stereocenters. The van der Waals surface area contributed by atoms with Crippen LogP contribution in [0.2, 0.25) is 0 Å². The predicted octanol–water partition coefficient (Wildman–Crippen LogP) is -1.62. The zero-order valence-corrected chi connectivity index (χ0v) is 8.22. The van der Waals surface area contributed by atoms with Crippen LogP contribution in [0.15, 0.2) is 0 Å². The molecule has 0 aliphatic rings. The molecule has 0 aromatic rings. The Balaban J connectivity index is -0.0000000800. The zero-order chi connectivity index (χ0) is 4.12. The van der Waals surface area contributed by atoms with Gasteiger partial charge in [0.25, 0.3) is 0 Å². The minimum atomic E-state index is 0. The second-order valence-corrected chi connectivity index (χ2v) is 0.927. The van der Waals surface area contributed by atoms with E-state index in [1.807, 2.05) is 6.92 Å². The third-order valence-corrected chi connectivity index (χ3v) is 0.375. The number of unbranched alkanes of at least 4 members (excludes halogenated alkanes) is 1. The maximum absolute atomic E-state index is 6.35. The number of halogens is 1. The van der Waals surface area contributed by atoms with E-state index in [1.165, 1.54) is 0 Å². The van der Waals surface area contributed by atoms with Crippen LogP contribution >= 0.6 is 0 Å². The molecule has 0 nitrogen and oxygen atoms in total. The second kappa shape index (κ2) is 16.1. The van der Waals surface area contributed by atoms with Gasteiger partial charge >= 0.3 is 0 Å². The molecule has 0 heterocycles. The van der Waals surface area contributed by atoms with Gasteiger partial charge in [-0.2, -0.15) is 0 Å². The third kappa shape index (κ3) is 21.2. The molecule has 0 saturated heterocycles. The first-order valence-corrected chi connectivity index (χ1v) is 1.81. The van der Waals surface area contributed by atoms with Crippen molar-refractivity contribution in [2.24, 2.45) is 0 Å². The summed E-state index contributed by atoms with van der Waals surface area (Å²) in [6, 6.07) is 0. The van der Waals surface area contributed by atoms with Gasteiger partial charge in [0.2, 0.25) is 0 Å². The largest absolute Gasteiger partial charge is 1.00 e. The van der Waals surface area contributed by atoms with E-state index < -0.39 is 0 Å². The van der Waals surface area contributed by atoms with E-state index in [1.54, 1.807) is 0 Å². The molecule has 0 rings (SSSR count). The first-order chi connectivity index (χ1) is 2.41. The molecule has 0 spiro atoms. The molecule has 0 unspecified atom stereocenters. The van der Waals surface area contributed by atoms with Gasteiger partial charge < -0.3 is 12.4 Å². The van der Waals surface area contributed by atoms with E-state index in [-0.39, 0.29) is 31.9 Å². The maximum Gasteiger partial charge on any atom is 0.00963 e. The predicted molar refractivity (Wildman–Crippen MR) is 22.0 cm³/mol.